The molecule has 0 unspecified atom stereocenters. The van der Waals surface area contributed by atoms with Gasteiger partial charge in [0.2, 0.25) is 0 Å². The van der Waals surface area contributed by atoms with Gasteiger partial charge in [-0.05, 0) is 12.1 Å². The quantitative estimate of drug-likeness (QED) is 0.474. The molecule has 0 bridgehead atoms. The van der Waals surface area contributed by atoms with E-state index >= 15 is 0 Å². The molecule has 0 aliphatic heterocycles. The van der Waals surface area contributed by atoms with Crippen LogP contribution in [0, 0.1) is 5.41 Å². The van der Waals surface area contributed by atoms with E-state index in [0.717, 1.165) is 5.65 Å². The number of nitrogens with two attached hydrogens (primary N) is 1. The van der Waals surface area contributed by atoms with Crippen molar-refractivity contribution >= 4 is 11.5 Å². The molecule has 2 aromatic rings. The van der Waals surface area contributed by atoms with Gasteiger partial charge in [0.15, 0.2) is 0 Å². The van der Waals surface area contributed by atoms with E-state index in [2.05, 4.69) is 4.98 Å². The maximum Gasteiger partial charge on any atom is 0.147 e. The molecule has 0 saturated heterocycles. The third-order valence-electron chi connectivity index (χ3n) is 1.71. The van der Waals surface area contributed by atoms with Crippen molar-refractivity contribution in [2.24, 2.45) is 5.73 Å². The molecule has 0 radical (unpaired) electrons. The number of nitrogens with zero attached hydrogens (tertiary/aromatic N) is 2. The molecule has 60 valence electrons. The molecule has 2 aromatic heterocycles. The standard InChI is InChI=1S/C8H8N4/c9-7(10)6-2-1-4-12-5-3-11-8(6)12/h1-5H,(H3,9,10). The van der Waals surface area contributed by atoms with Crippen LogP contribution in [0.15, 0.2) is 30.7 Å². The predicted octanol–water partition coefficient (Wildman–Crippen LogP) is 0.618. The van der Waals surface area contributed by atoms with Crippen molar-refractivity contribution in [1.29, 1.82) is 5.41 Å². The SMILES string of the molecule is N=C(N)c1cccn2ccnc12. The van der Waals surface area contributed by atoms with Crippen molar-refractivity contribution in [2.45, 2.75) is 0 Å². The van der Waals surface area contributed by atoms with Gasteiger partial charge in [-0.1, -0.05) is 0 Å². The zero-order valence-corrected chi connectivity index (χ0v) is 6.36. The minimum atomic E-state index is 0.0480. The van der Waals surface area contributed by atoms with E-state index in [-0.39, 0.29) is 5.84 Å². The molecular weight excluding hydrogens is 152 g/mol. The van der Waals surface area contributed by atoms with Gasteiger partial charge in [-0.2, -0.15) is 0 Å². The highest BCUT2D eigenvalue weighted by Crippen LogP contribution is 2.06. The smallest absolute Gasteiger partial charge is 0.147 e. The highest BCUT2D eigenvalue weighted by molar-refractivity contribution is 6.00. The van der Waals surface area contributed by atoms with Gasteiger partial charge in [-0.15, -0.1) is 0 Å². The largest absolute Gasteiger partial charge is 0.384 e. The van der Waals surface area contributed by atoms with E-state index < -0.39 is 0 Å². The molecule has 4 heteroatoms. The van der Waals surface area contributed by atoms with Crippen molar-refractivity contribution < 1.29 is 0 Å². The van der Waals surface area contributed by atoms with Crippen LogP contribution in [0.1, 0.15) is 5.56 Å². The number of rotatable bonds is 1. The Hall–Kier alpha value is -1.84. The van der Waals surface area contributed by atoms with Crippen molar-refractivity contribution in [3.63, 3.8) is 0 Å². The number of amidine groups is 1. The Bertz CT molecular complexity index is 429. The number of nitrogen functional groups attached to an aromatic ring is 1. The number of fused-ring (bicyclic) bond motifs is 1. The van der Waals surface area contributed by atoms with E-state index in [0.29, 0.717) is 5.56 Å². The molecule has 0 aromatic carbocycles. The molecular formula is C8H8N4. The summed E-state index contributed by atoms with van der Waals surface area (Å²) in [7, 11) is 0. The lowest BCUT2D eigenvalue weighted by Crippen LogP contribution is -2.12. The summed E-state index contributed by atoms with van der Waals surface area (Å²) < 4.78 is 1.83. The lowest BCUT2D eigenvalue weighted by Gasteiger charge is -1.99. The molecule has 12 heavy (non-hydrogen) atoms. The zero-order chi connectivity index (χ0) is 8.55. The van der Waals surface area contributed by atoms with Crippen LogP contribution in [0.25, 0.3) is 5.65 Å². The van der Waals surface area contributed by atoms with Crippen LogP contribution >= 0.6 is 0 Å². The molecule has 3 N–H and O–H groups in total. The van der Waals surface area contributed by atoms with Gasteiger partial charge >= 0.3 is 0 Å². The highest BCUT2D eigenvalue weighted by Gasteiger charge is 2.02. The van der Waals surface area contributed by atoms with Crippen molar-refractivity contribution in [2.75, 3.05) is 0 Å². The first-order chi connectivity index (χ1) is 5.79. The van der Waals surface area contributed by atoms with Gasteiger partial charge < -0.3 is 10.1 Å². The number of hydrogen-bond donors (Lipinski definition) is 2. The molecule has 0 amide bonds. The van der Waals surface area contributed by atoms with E-state index in [9.17, 15) is 0 Å². The fraction of sp³-hybridized carbons (Fsp3) is 0. The molecule has 0 fully saturated rings. The van der Waals surface area contributed by atoms with Gasteiger partial charge in [0, 0.05) is 18.6 Å². The number of pyridine rings is 1. The van der Waals surface area contributed by atoms with Crippen LogP contribution in [0.4, 0.5) is 0 Å². The topological polar surface area (TPSA) is 67.2 Å². The molecule has 2 rings (SSSR count). The first-order valence-electron chi connectivity index (χ1n) is 3.55. The van der Waals surface area contributed by atoms with E-state index in [1.54, 1.807) is 12.3 Å². The maximum atomic E-state index is 7.28. The Morgan fingerprint density at radius 2 is 2.33 bits per heavy atom. The average Bonchev–Trinajstić information content (AvgIpc) is 2.49. The first kappa shape index (κ1) is 6.84. The second-order valence-electron chi connectivity index (χ2n) is 2.49. The molecule has 0 aliphatic rings. The normalized spacial score (nSPS) is 10.3. The molecule has 0 aliphatic carbocycles. The lowest BCUT2D eigenvalue weighted by atomic mass is 10.2. The van der Waals surface area contributed by atoms with Crippen LogP contribution in [-0.2, 0) is 0 Å². The zero-order valence-electron chi connectivity index (χ0n) is 6.36. The Morgan fingerprint density at radius 3 is 3.08 bits per heavy atom. The summed E-state index contributed by atoms with van der Waals surface area (Å²) in [6.07, 6.45) is 5.37. The second-order valence-corrected chi connectivity index (χ2v) is 2.49. The Morgan fingerprint density at radius 1 is 1.50 bits per heavy atom. The Kier molecular flexibility index (Phi) is 1.33. The van der Waals surface area contributed by atoms with Gasteiger partial charge in [0.1, 0.15) is 11.5 Å². The fourth-order valence-corrected chi connectivity index (χ4v) is 1.16. The lowest BCUT2D eigenvalue weighted by molar-refractivity contribution is 1.18. The minimum absolute atomic E-state index is 0.0480. The van der Waals surface area contributed by atoms with Gasteiger partial charge in [-0.3, -0.25) is 5.41 Å². The number of hydrogen-bond acceptors (Lipinski definition) is 2. The van der Waals surface area contributed by atoms with E-state index in [4.69, 9.17) is 11.1 Å². The van der Waals surface area contributed by atoms with Gasteiger partial charge in [-0.25, -0.2) is 4.98 Å². The van der Waals surface area contributed by atoms with Crippen molar-refractivity contribution in [3.05, 3.63) is 36.3 Å². The monoisotopic (exact) mass is 160 g/mol. The molecule has 0 atom stereocenters. The van der Waals surface area contributed by atoms with Gasteiger partial charge in [0.25, 0.3) is 0 Å². The molecule has 0 saturated carbocycles. The fourth-order valence-electron chi connectivity index (χ4n) is 1.16. The van der Waals surface area contributed by atoms with Crippen LogP contribution in [0.5, 0.6) is 0 Å². The number of nitrogens with one attached hydrogen (secondary N) is 1. The summed E-state index contributed by atoms with van der Waals surface area (Å²) in [5.74, 6) is 0.0480. The van der Waals surface area contributed by atoms with Crippen LogP contribution in [0.3, 0.4) is 0 Å². The Balaban J connectivity index is 2.82. The van der Waals surface area contributed by atoms with Crippen LogP contribution < -0.4 is 5.73 Å². The van der Waals surface area contributed by atoms with E-state index in [1.165, 1.54) is 0 Å². The predicted molar refractivity (Wildman–Crippen MR) is 46.2 cm³/mol. The summed E-state index contributed by atoms with van der Waals surface area (Å²) in [6, 6.07) is 3.62. The first-order valence-corrected chi connectivity index (χ1v) is 3.55. The Labute approximate surface area is 69.2 Å². The summed E-state index contributed by atoms with van der Waals surface area (Å²) in [5.41, 5.74) is 6.76. The van der Waals surface area contributed by atoms with Crippen molar-refractivity contribution in [3.8, 4) is 0 Å². The van der Waals surface area contributed by atoms with E-state index in [1.807, 2.05) is 22.9 Å². The van der Waals surface area contributed by atoms with Crippen LogP contribution in [-0.4, -0.2) is 15.2 Å². The average molecular weight is 160 g/mol. The molecule has 0 spiro atoms. The minimum Gasteiger partial charge on any atom is -0.384 e. The highest BCUT2D eigenvalue weighted by atomic mass is 15.0. The number of aromatic nitrogens is 2. The summed E-state index contributed by atoms with van der Waals surface area (Å²) in [4.78, 5) is 4.08. The summed E-state index contributed by atoms with van der Waals surface area (Å²) in [5, 5.41) is 7.28. The maximum absolute atomic E-state index is 7.28. The third kappa shape index (κ3) is 0.852. The third-order valence-corrected chi connectivity index (χ3v) is 1.71. The number of imidazole rings is 1. The van der Waals surface area contributed by atoms with Crippen LogP contribution in [0.2, 0.25) is 0 Å². The summed E-state index contributed by atoms with van der Waals surface area (Å²) in [6.45, 7) is 0. The second kappa shape index (κ2) is 2.34. The molecule has 4 nitrogen and oxygen atoms in total. The van der Waals surface area contributed by atoms with Gasteiger partial charge in [0.05, 0.1) is 5.56 Å². The summed E-state index contributed by atoms with van der Waals surface area (Å²) >= 11 is 0. The van der Waals surface area contributed by atoms with Crippen molar-refractivity contribution in [1.82, 2.24) is 9.38 Å². The molecule has 2 heterocycles.